The van der Waals surface area contributed by atoms with Gasteiger partial charge in [0, 0.05) is 6.08 Å². The molecule has 0 aliphatic rings. The van der Waals surface area contributed by atoms with Crippen molar-refractivity contribution in [2.45, 2.75) is 13.3 Å². The van der Waals surface area contributed by atoms with Gasteiger partial charge < -0.3 is 18.9 Å². The highest BCUT2D eigenvalue weighted by atomic mass is 16.5. The molecule has 0 amide bonds. The molecule has 0 aliphatic carbocycles. The zero-order valence-corrected chi connectivity index (χ0v) is 14.7. The van der Waals surface area contributed by atoms with Gasteiger partial charge >= 0.3 is 5.97 Å². The molecule has 2 aromatic carbocycles. The summed E-state index contributed by atoms with van der Waals surface area (Å²) in [6.07, 6.45) is 3.96. The fourth-order valence-corrected chi connectivity index (χ4v) is 2.09. The molecule has 0 unspecified atom stereocenters. The van der Waals surface area contributed by atoms with E-state index >= 15 is 0 Å². The molecule has 0 radical (unpaired) electrons. The second-order valence-corrected chi connectivity index (χ2v) is 5.19. The Bertz CT molecular complexity index is 719. The summed E-state index contributed by atoms with van der Waals surface area (Å²) in [5.74, 6) is 1.98. The number of ether oxygens (including phenoxy) is 4. The predicted octanol–water partition coefficient (Wildman–Crippen LogP) is 4.11. The third kappa shape index (κ3) is 5.57. The van der Waals surface area contributed by atoms with Gasteiger partial charge in [-0.05, 0) is 54.5 Å². The van der Waals surface area contributed by atoms with E-state index < -0.39 is 5.97 Å². The lowest BCUT2D eigenvalue weighted by Crippen LogP contribution is -2.03. The Hall–Kier alpha value is -2.95. The lowest BCUT2D eigenvalue weighted by molar-refractivity contribution is -0.128. The van der Waals surface area contributed by atoms with Gasteiger partial charge in [0.05, 0.1) is 20.8 Å². The highest BCUT2D eigenvalue weighted by molar-refractivity contribution is 5.88. The van der Waals surface area contributed by atoms with E-state index in [9.17, 15) is 4.79 Å². The van der Waals surface area contributed by atoms with E-state index in [4.69, 9.17) is 18.9 Å². The van der Waals surface area contributed by atoms with E-state index in [1.165, 1.54) is 6.08 Å². The molecule has 0 saturated carbocycles. The van der Waals surface area contributed by atoms with Crippen molar-refractivity contribution in [1.82, 2.24) is 0 Å². The van der Waals surface area contributed by atoms with Gasteiger partial charge in [-0.1, -0.05) is 13.0 Å². The Labute approximate surface area is 147 Å². The maximum absolute atomic E-state index is 11.9. The molecular formula is C20H22O5. The van der Waals surface area contributed by atoms with Crippen LogP contribution in [-0.2, 0) is 4.79 Å². The van der Waals surface area contributed by atoms with Gasteiger partial charge in [-0.25, -0.2) is 4.79 Å². The third-order valence-corrected chi connectivity index (χ3v) is 3.33. The molecule has 2 aromatic rings. The van der Waals surface area contributed by atoms with E-state index in [0.29, 0.717) is 23.9 Å². The molecule has 0 aliphatic heterocycles. The molecular weight excluding hydrogens is 320 g/mol. The van der Waals surface area contributed by atoms with Gasteiger partial charge in [-0.15, -0.1) is 0 Å². The molecule has 5 heteroatoms. The van der Waals surface area contributed by atoms with Crippen molar-refractivity contribution in [1.29, 1.82) is 0 Å². The number of hydrogen-bond acceptors (Lipinski definition) is 5. The van der Waals surface area contributed by atoms with E-state index in [1.807, 2.05) is 13.0 Å². The van der Waals surface area contributed by atoms with Crippen LogP contribution in [0.4, 0.5) is 0 Å². The Kier molecular flexibility index (Phi) is 6.89. The molecule has 0 aromatic heterocycles. The Morgan fingerprint density at radius 3 is 2.28 bits per heavy atom. The summed E-state index contributed by atoms with van der Waals surface area (Å²) in [4.78, 5) is 11.9. The second kappa shape index (κ2) is 9.37. The molecule has 0 atom stereocenters. The first-order chi connectivity index (χ1) is 12.2. The lowest BCUT2D eigenvalue weighted by atomic mass is 10.2. The minimum absolute atomic E-state index is 0.461. The van der Waals surface area contributed by atoms with Crippen LogP contribution in [0.25, 0.3) is 6.08 Å². The summed E-state index contributed by atoms with van der Waals surface area (Å²) in [5.41, 5.74) is 0.804. The van der Waals surface area contributed by atoms with Gasteiger partial charge in [0.25, 0.3) is 0 Å². The smallest absolute Gasteiger partial charge is 0.336 e. The fourth-order valence-electron chi connectivity index (χ4n) is 2.09. The Morgan fingerprint density at radius 1 is 0.960 bits per heavy atom. The highest BCUT2D eigenvalue weighted by Crippen LogP contribution is 2.28. The molecule has 0 bridgehead atoms. The van der Waals surface area contributed by atoms with Crippen molar-refractivity contribution in [3.05, 3.63) is 54.1 Å². The van der Waals surface area contributed by atoms with Crippen molar-refractivity contribution in [2.24, 2.45) is 0 Å². The second-order valence-electron chi connectivity index (χ2n) is 5.19. The van der Waals surface area contributed by atoms with E-state index in [-0.39, 0.29) is 0 Å². The van der Waals surface area contributed by atoms with Crippen LogP contribution in [0.5, 0.6) is 23.0 Å². The SMILES string of the molecule is CCCOc1ccc(OC(=O)C=Cc2ccc(OC)c(OC)c2)cc1. The van der Waals surface area contributed by atoms with E-state index in [1.54, 1.807) is 56.7 Å². The number of benzene rings is 2. The lowest BCUT2D eigenvalue weighted by Gasteiger charge is -2.07. The zero-order valence-electron chi connectivity index (χ0n) is 14.7. The van der Waals surface area contributed by atoms with Crippen molar-refractivity contribution in [3.8, 4) is 23.0 Å². The average Bonchev–Trinajstić information content (AvgIpc) is 2.65. The van der Waals surface area contributed by atoms with Gasteiger partial charge in [-0.3, -0.25) is 0 Å². The first-order valence-electron chi connectivity index (χ1n) is 8.01. The number of carbonyl (C=O) groups is 1. The molecule has 132 valence electrons. The third-order valence-electron chi connectivity index (χ3n) is 3.33. The summed E-state index contributed by atoms with van der Waals surface area (Å²) >= 11 is 0. The van der Waals surface area contributed by atoms with Crippen LogP contribution in [0.1, 0.15) is 18.9 Å². The molecule has 0 fully saturated rings. The summed E-state index contributed by atoms with van der Waals surface area (Å²) in [7, 11) is 3.14. The number of carbonyl (C=O) groups excluding carboxylic acids is 1. The maximum atomic E-state index is 11.9. The molecule has 0 N–H and O–H groups in total. The van der Waals surface area contributed by atoms with Gasteiger partial charge in [0.15, 0.2) is 11.5 Å². The minimum Gasteiger partial charge on any atom is -0.494 e. The number of hydrogen-bond donors (Lipinski definition) is 0. The normalized spacial score (nSPS) is 10.5. The molecule has 0 saturated heterocycles. The molecule has 2 rings (SSSR count). The topological polar surface area (TPSA) is 54.0 Å². The first kappa shape index (κ1) is 18.4. The Morgan fingerprint density at radius 2 is 1.64 bits per heavy atom. The molecule has 0 heterocycles. The summed E-state index contributed by atoms with van der Waals surface area (Å²) in [6.45, 7) is 2.70. The first-order valence-corrected chi connectivity index (χ1v) is 8.01. The van der Waals surface area contributed by atoms with Gasteiger partial charge in [0.1, 0.15) is 11.5 Å². The summed E-state index contributed by atoms with van der Waals surface area (Å²) in [6, 6.07) is 12.3. The van der Waals surface area contributed by atoms with Crippen molar-refractivity contribution in [2.75, 3.05) is 20.8 Å². The van der Waals surface area contributed by atoms with Crippen molar-refractivity contribution in [3.63, 3.8) is 0 Å². The van der Waals surface area contributed by atoms with Crippen LogP contribution in [-0.4, -0.2) is 26.8 Å². The summed E-state index contributed by atoms with van der Waals surface area (Å²) < 4.78 is 21.2. The highest BCUT2D eigenvalue weighted by Gasteiger charge is 2.04. The molecule has 0 spiro atoms. The van der Waals surface area contributed by atoms with E-state index in [0.717, 1.165) is 17.7 Å². The fraction of sp³-hybridized carbons (Fsp3) is 0.250. The number of methoxy groups -OCH3 is 2. The standard InChI is InChI=1S/C20H22O5/c1-4-13-24-16-7-9-17(10-8-16)25-20(21)12-6-15-5-11-18(22-2)19(14-15)23-3/h5-12,14H,4,13H2,1-3H3. The number of rotatable bonds is 8. The molecule has 25 heavy (non-hydrogen) atoms. The predicted molar refractivity (Wildman–Crippen MR) is 96.4 cm³/mol. The van der Waals surface area contributed by atoms with Crippen LogP contribution < -0.4 is 18.9 Å². The average molecular weight is 342 g/mol. The Balaban J connectivity index is 1.96. The quantitative estimate of drug-likeness (QED) is 0.410. The van der Waals surface area contributed by atoms with Gasteiger partial charge in [-0.2, -0.15) is 0 Å². The summed E-state index contributed by atoms with van der Waals surface area (Å²) in [5, 5.41) is 0. The minimum atomic E-state index is -0.461. The van der Waals surface area contributed by atoms with Crippen LogP contribution in [0.15, 0.2) is 48.5 Å². The van der Waals surface area contributed by atoms with Gasteiger partial charge in [0.2, 0.25) is 0 Å². The maximum Gasteiger partial charge on any atom is 0.336 e. The van der Waals surface area contributed by atoms with E-state index in [2.05, 4.69) is 0 Å². The zero-order chi connectivity index (χ0) is 18.1. The van der Waals surface area contributed by atoms with Crippen molar-refractivity contribution < 1.29 is 23.7 Å². The van der Waals surface area contributed by atoms with Crippen LogP contribution >= 0.6 is 0 Å². The largest absolute Gasteiger partial charge is 0.494 e. The monoisotopic (exact) mass is 342 g/mol. The number of esters is 1. The van der Waals surface area contributed by atoms with Crippen molar-refractivity contribution >= 4 is 12.0 Å². The van der Waals surface area contributed by atoms with Crippen LogP contribution in [0.3, 0.4) is 0 Å². The van der Waals surface area contributed by atoms with Crippen LogP contribution in [0.2, 0.25) is 0 Å². The molecule has 5 nitrogen and oxygen atoms in total. The van der Waals surface area contributed by atoms with Crippen LogP contribution in [0, 0.1) is 0 Å².